The van der Waals surface area contributed by atoms with Crippen molar-refractivity contribution in [3.05, 3.63) is 53.4 Å². The minimum Gasteiger partial charge on any atom is -0.433 e. The lowest BCUT2D eigenvalue weighted by Crippen LogP contribution is -1.87. The van der Waals surface area contributed by atoms with Crippen molar-refractivity contribution in [3.8, 4) is 11.3 Å². The molecule has 4 aromatic rings. The van der Waals surface area contributed by atoms with Crippen LogP contribution in [0.4, 0.5) is 0 Å². The van der Waals surface area contributed by atoms with Gasteiger partial charge >= 0.3 is 0 Å². The van der Waals surface area contributed by atoms with Crippen LogP contribution >= 0.6 is 11.6 Å². The van der Waals surface area contributed by atoms with Gasteiger partial charge in [0.15, 0.2) is 10.7 Å². The molecule has 1 aromatic carbocycles. The molecule has 21 heavy (non-hydrogen) atoms. The van der Waals surface area contributed by atoms with E-state index in [9.17, 15) is 0 Å². The highest BCUT2D eigenvalue weighted by Gasteiger charge is 2.16. The highest BCUT2D eigenvalue weighted by molar-refractivity contribution is 6.34. The molecule has 5 heteroatoms. The van der Waals surface area contributed by atoms with Crippen LogP contribution in [0.15, 0.2) is 47.1 Å². The van der Waals surface area contributed by atoms with E-state index in [2.05, 4.69) is 15.0 Å². The van der Waals surface area contributed by atoms with Gasteiger partial charge in [0.05, 0.1) is 11.1 Å². The molecule has 0 unspecified atom stereocenters. The molecular formula is C16H10ClN3O. The zero-order valence-electron chi connectivity index (χ0n) is 11.2. The first-order valence-electron chi connectivity index (χ1n) is 6.50. The van der Waals surface area contributed by atoms with Gasteiger partial charge in [-0.3, -0.25) is 0 Å². The SMILES string of the molecule is Cc1cc(-c2ccccc2)nc2oc3c(Cl)ncnc3c12. The minimum absolute atomic E-state index is 0.304. The second kappa shape index (κ2) is 4.53. The maximum Gasteiger partial charge on any atom is 0.229 e. The second-order valence-electron chi connectivity index (χ2n) is 4.81. The number of rotatable bonds is 1. The van der Waals surface area contributed by atoms with Crippen LogP contribution in [0.3, 0.4) is 0 Å². The quantitative estimate of drug-likeness (QED) is 0.488. The molecule has 0 bridgehead atoms. The third kappa shape index (κ3) is 1.87. The van der Waals surface area contributed by atoms with Crippen molar-refractivity contribution in [2.24, 2.45) is 0 Å². The number of halogens is 1. The van der Waals surface area contributed by atoms with E-state index < -0.39 is 0 Å². The van der Waals surface area contributed by atoms with Crippen LogP contribution in [0.5, 0.6) is 0 Å². The average Bonchev–Trinajstić information content (AvgIpc) is 2.89. The van der Waals surface area contributed by atoms with Crippen molar-refractivity contribution >= 4 is 33.8 Å². The van der Waals surface area contributed by atoms with Crippen LogP contribution in [0.2, 0.25) is 5.15 Å². The Bertz CT molecular complexity index is 964. The van der Waals surface area contributed by atoms with Gasteiger partial charge in [0, 0.05) is 5.56 Å². The molecule has 0 aliphatic rings. The number of furan rings is 1. The summed E-state index contributed by atoms with van der Waals surface area (Å²) in [5, 5.41) is 1.19. The summed E-state index contributed by atoms with van der Waals surface area (Å²) in [5.74, 6) is 0. The van der Waals surface area contributed by atoms with Gasteiger partial charge in [0.25, 0.3) is 0 Å². The number of fused-ring (bicyclic) bond motifs is 3. The molecule has 0 saturated heterocycles. The Labute approximate surface area is 125 Å². The van der Waals surface area contributed by atoms with E-state index in [1.54, 1.807) is 0 Å². The number of pyridine rings is 1. The molecule has 0 fully saturated rings. The number of nitrogens with zero attached hydrogens (tertiary/aromatic N) is 3. The van der Waals surface area contributed by atoms with Gasteiger partial charge in [-0.2, -0.15) is 0 Å². The van der Waals surface area contributed by atoms with E-state index in [0.717, 1.165) is 22.2 Å². The van der Waals surface area contributed by atoms with Crippen molar-refractivity contribution in [2.45, 2.75) is 6.92 Å². The lowest BCUT2D eigenvalue weighted by atomic mass is 10.1. The highest BCUT2D eigenvalue weighted by atomic mass is 35.5. The van der Waals surface area contributed by atoms with E-state index >= 15 is 0 Å². The summed E-state index contributed by atoms with van der Waals surface area (Å²) in [6.07, 6.45) is 1.43. The molecule has 0 saturated carbocycles. The largest absolute Gasteiger partial charge is 0.433 e. The first-order valence-corrected chi connectivity index (χ1v) is 6.87. The number of aryl methyl sites for hydroxylation is 1. The Balaban J connectivity index is 2.07. The summed E-state index contributed by atoms with van der Waals surface area (Å²) in [5.41, 5.74) is 4.67. The maximum atomic E-state index is 6.07. The fourth-order valence-corrected chi connectivity index (χ4v) is 2.65. The number of aromatic nitrogens is 3. The van der Waals surface area contributed by atoms with Gasteiger partial charge in [-0.15, -0.1) is 0 Å². The highest BCUT2D eigenvalue weighted by Crippen LogP contribution is 2.33. The van der Waals surface area contributed by atoms with Crippen molar-refractivity contribution < 1.29 is 4.42 Å². The molecule has 3 aromatic heterocycles. The molecule has 4 rings (SSSR count). The fourth-order valence-electron chi connectivity index (χ4n) is 2.48. The van der Waals surface area contributed by atoms with Crippen LogP contribution in [0.25, 0.3) is 33.5 Å². The van der Waals surface area contributed by atoms with Gasteiger partial charge < -0.3 is 4.42 Å². The average molecular weight is 296 g/mol. The van der Waals surface area contributed by atoms with Crippen LogP contribution in [0, 0.1) is 6.92 Å². The summed E-state index contributed by atoms with van der Waals surface area (Å²) in [4.78, 5) is 12.8. The van der Waals surface area contributed by atoms with Gasteiger partial charge in [-0.25, -0.2) is 15.0 Å². The maximum absolute atomic E-state index is 6.07. The van der Waals surface area contributed by atoms with E-state index in [4.69, 9.17) is 16.0 Å². The Morgan fingerprint density at radius 2 is 1.90 bits per heavy atom. The standard InChI is InChI=1S/C16H10ClN3O/c1-9-7-11(10-5-3-2-4-6-10)20-16-12(9)13-14(21-16)15(17)19-8-18-13/h2-8H,1H3. The first kappa shape index (κ1) is 12.3. The topological polar surface area (TPSA) is 51.8 Å². The molecule has 4 nitrogen and oxygen atoms in total. The monoisotopic (exact) mass is 295 g/mol. The summed E-state index contributed by atoms with van der Waals surface area (Å²) >= 11 is 6.07. The van der Waals surface area contributed by atoms with Gasteiger partial charge in [0.2, 0.25) is 5.71 Å². The van der Waals surface area contributed by atoms with Crippen LogP contribution in [-0.4, -0.2) is 15.0 Å². The summed E-state index contributed by atoms with van der Waals surface area (Å²) in [6.45, 7) is 2.02. The van der Waals surface area contributed by atoms with Crippen molar-refractivity contribution in [2.75, 3.05) is 0 Å². The summed E-state index contributed by atoms with van der Waals surface area (Å²) in [7, 11) is 0. The van der Waals surface area contributed by atoms with E-state index in [-0.39, 0.29) is 0 Å². The lowest BCUT2D eigenvalue weighted by Gasteiger charge is -2.02. The van der Waals surface area contributed by atoms with Crippen LogP contribution in [0.1, 0.15) is 5.56 Å². The molecule has 0 atom stereocenters. The number of benzene rings is 1. The Hall–Kier alpha value is -2.46. The Morgan fingerprint density at radius 3 is 2.71 bits per heavy atom. The summed E-state index contributed by atoms with van der Waals surface area (Å²) < 4.78 is 5.76. The molecule has 0 N–H and O–H groups in total. The van der Waals surface area contributed by atoms with E-state index in [1.807, 2.05) is 43.3 Å². The molecule has 0 spiro atoms. The molecule has 3 heterocycles. The van der Waals surface area contributed by atoms with E-state index in [0.29, 0.717) is 22.0 Å². The Morgan fingerprint density at radius 1 is 1.10 bits per heavy atom. The Kier molecular flexibility index (Phi) is 2.65. The van der Waals surface area contributed by atoms with Crippen LogP contribution in [-0.2, 0) is 0 Å². The predicted octanol–water partition coefficient (Wildman–Crippen LogP) is 4.40. The van der Waals surface area contributed by atoms with Crippen LogP contribution < -0.4 is 0 Å². The normalized spacial score (nSPS) is 11.3. The molecule has 102 valence electrons. The van der Waals surface area contributed by atoms with Crippen molar-refractivity contribution in [1.82, 2.24) is 15.0 Å². The molecule has 0 aliphatic heterocycles. The zero-order valence-corrected chi connectivity index (χ0v) is 11.9. The van der Waals surface area contributed by atoms with E-state index in [1.165, 1.54) is 6.33 Å². The summed E-state index contributed by atoms with van der Waals surface area (Å²) in [6, 6.07) is 12.0. The third-order valence-corrected chi connectivity index (χ3v) is 3.72. The smallest absolute Gasteiger partial charge is 0.229 e. The molecular weight excluding hydrogens is 286 g/mol. The minimum atomic E-state index is 0.304. The van der Waals surface area contributed by atoms with Gasteiger partial charge in [0.1, 0.15) is 11.8 Å². The third-order valence-electron chi connectivity index (χ3n) is 3.45. The van der Waals surface area contributed by atoms with Gasteiger partial charge in [-0.1, -0.05) is 41.9 Å². The molecule has 0 radical (unpaired) electrons. The number of hydrogen-bond donors (Lipinski definition) is 0. The first-order chi connectivity index (χ1) is 10.2. The predicted molar refractivity (Wildman–Crippen MR) is 82.3 cm³/mol. The zero-order chi connectivity index (χ0) is 14.4. The fraction of sp³-hybridized carbons (Fsp3) is 0.0625. The van der Waals surface area contributed by atoms with Crippen molar-refractivity contribution in [3.63, 3.8) is 0 Å². The van der Waals surface area contributed by atoms with Crippen molar-refractivity contribution in [1.29, 1.82) is 0 Å². The molecule has 0 aliphatic carbocycles. The lowest BCUT2D eigenvalue weighted by molar-refractivity contribution is 0.651. The van der Waals surface area contributed by atoms with Gasteiger partial charge in [-0.05, 0) is 18.6 Å². The number of hydrogen-bond acceptors (Lipinski definition) is 4. The second-order valence-corrected chi connectivity index (χ2v) is 5.17. The molecule has 0 amide bonds.